The van der Waals surface area contributed by atoms with Crippen LogP contribution >= 0.6 is 0 Å². The second-order valence-electron chi connectivity index (χ2n) is 7.07. The zero-order valence-corrected chi connectivity index (χ0v) is 16.4. The molecule has 0 radical (unpaired) electrons. The van der Waals surface area contributed by atoms with Gasteiger partial charge in [-0.1, -0.05) is 48.5 Å². The fraction of sp³-hybridized carbons (Fsp3) is 0.174. The first-order valence-corrected chi connectivity index (χ1v) is 9.50. The number of pyridine rings is 1. The summed E-state index contributed by atoms with van der Waals surface area (Å²) >= 11 is 0. The number of H-pyrrole nitrogens is 1. The maximum atomic E-state index is 12.6. The van der Waals surface area contributed by atoms with Crippen LogP contribution in [0.25, 0.3) is 10.9 Å². The number of fused-ring (bicyclic) bond motifs is 1. The molecule has 0 saturated heterocycles. The number of aromatic nitrogens is 3. The number of benzene rings is 2. The lowest BCUT2D eigenvalue weighted by Crippen LogP contribution is -2.29. The van der Waals surface area contributed by atoms with E-state index in [1.807, 2.05) is 61.0 Å². The van der Waals surface area contributed by atoms with Gasteiger partial charge in [0.05, 0.1) is 12.2 Å². The van der Waals surface area contributed by atoms with Gasteiger partial charge < -0.3 is 10.3 Å². The SMILES string of the molecule is Cc1nn(Cc2ccccc2)c(C)c1CNC(=O)c1cc2ccccc2[nH]c1=O. The first-order valence-electron chi connectivity index (χ1n) is 9.50. The maximum Gasteiger partial charge on any atom is 0.261 e. The maximum absolute atomic E-state index is 12.6. The van der Waals surface area contributed by atoms with Crippen molar-refractivity contribution >= 4 is 16.8 Å². The number of hydrogen-bond donors (Lipinski definition) is 2. The molecule has 2 aromatic heterocycles. The summed E-state index contributed by atoms with van der Waals surface area (Å²) in [7, 11) is 0. The number of hydrogen-bond acceptors (Lipinski definition) is 3. The lowest BCUT2D eigenvalue weighted by Gasteiger charge is -2.08. The molecule has 6 heteroatoms. The van der Waals surface area contributed by atoms with E-state index in [1.54, 1.807) is 6.07 Å². The van der Waals surface area contributed by atoms with Gasteiger partial charge in [0.25, 0.3) is 11.5 Å². The highest BCUT2D eigenvalue weighted by Gasteiger charge is 2.15. The number of para-hydroxylation sites is 1. The zero-order chi connectivity index (χ0) is 20.4. The molecule has 0 spiro atoms. The first-order chi connectivity index (χ1) is 14.0. The van der Waals surface area contributed by atoms with Crippen molar-refractivity contribution in [2.75, 3.05) is 0 Å². The minimum atomic E-state index is -0.397. The Hall–Kier alpha value is -3.67. The lowest BCUT2D eigenvalue weighted by molar-refractivity contribution is 0.0949. The van der Waals surface area contributed by atoms with Crippen molar-refractivity contribution in [1.29, 1.82) is 0 Å². The van der Waals surface area contributed by atoms with Gasteiger partial charge in [0.1, 0.15) is 5.56 Å². The number of amides is 1. The fourth-order valence-corrected chi connectivity index (χ4v) is 3.48. The van der Waals surface area contributed by atoms with Gasteiger partial charge in [-0.15, -0.1) is 0 Å². The van der Waals surface area contributed by atoms with E-state index in [-0.39, 0.29) is 5.56 Å². The number of aromatic amines is 1. The molecule has 4 rings (SSSR count). The Kier molecular flexibility index (Phi) is 4.99. The van der Waals surface area contributed by atoms with Crippen molar-refractivity contribution < 1.29 is 4.79 Å². The van der Waals surface area contributed by atoms with Crippen molar-refractivity contribution in [2.24, 2.45) is 0 Å². The van der Waals surface area contributed by atoms with E-state index in [2.05, 4.69) is 27.5 Å². The van der Waals surface area contributed by atoms with Gasteiger partial charge >= 0.3 is 0 Å². The van der Waals surface area contributed by atoms with Crippen molar-refractivity contribution in [1.82, 2.24) is 20.1 Å². The van der Waals surface area contributed by atoms with E-state index < -0.39 is 11.5 Å². The molecule has 0 fully saturated rings. The van der Waals surface area contributed by atoms with Crippen LogP contribution in [0.15, 0.2) is 65.5 Å². The Morgan fingerprint density at radius 2 is 1.79 bits per heavy atom. The largest absolute Gasteiger partial charge is 0.348 e. The third kappa shape index (κ3) is 3.82. The Labute approximate surface area is 168 Å². The predicted molar refractivity (Wildman–Crippen MR) is 113 cm³/mol. The molecule has 6 nitrogen and oxygen atoms in total. The van der Waals surface area contributed by atoms with Gasteiger partial charge in [0.2, 0.25) is 0 Å². The number of nitrogens with one attached hydrogen (secondary N) is 2. The predicted octanol–water partition coefficient (Wildman–Crippen LogP) is 3.32. The van der Waals surface area contributed by atoms with Crippen LogP contribution in [0.5, 0.6) is 0 Å². The molecule has 1 amide bonds. The third-order valence-electron chi connectivity index (χ3n) is 5.13. The summed E-state index contributed by atoms with van der Waals surface area (Å²) in [6.07, 6.45) is 0. The normalized spacial score (nSPS) is 11.0. The number of carbonyl (C=O) groups excluding carboxylic acids is 1. The molecule has 146 valence electrons. The zero-order valence-electron chi connectivity index (χ0n) is 16.4. The van der Waals surface area contributed by atoms with Crippen molar-refractivity contribution in [2.45, 2.75) is 26.9 Å². The smallest absolute Gasteiger partial charge is 0.261 e. The van der Waals surface area contributed by atoms with Crippen LogP contribution < -0.4 is 10.9 Å². The second-order valence-corrected chi connectivity index (χ2v) is 7.07. The summed E-state index contributed by atoms with van der Waals surface area (Å²) in [6, 6.07) is 19.1. The number of nitrogens with zero attached hydrogens (tertiary/aromatic N) is 2. The summed E-state index contributed by atoms with van der Waals surface area (Å²) in [6.45, 7) is 4.91. The average molecular weight is 386 g/mol. The van der Waals surface area contributed by atoms with E-state index in [1.165, 1.54) is 0 Å². The van der Waals surface area contributed by atoms with Crippen molar-refractivity contribution in [3.8, 4) is 0 Å². The molecule has 4 aromatic rings. The van der Waals surface area contributed by atoms with Crippen LogP contribution in [-0.2, 0) is 13.1 Å². The third-order valence-corrected chi connectivity index (χ3v) is 5.13. The summed E-state index contributed by atoms with van der Waals surface area (Å²) in [5.74, 6) is -0.397. The van der Waals surface area contributed by atoms with E-state index in [0.29, 0.717) is 18.6 Å². The highest BCUT2D eigenvalue weighted by Crippen LogP contribution is 2.15. The summed E-state index contributed by atoms with van der Waals surface area (Å²) < 4.78 is 1.94. The molecule has 2 heterocycles. The second kappa shape index (κ2) is 7.75. The Morgan fingerprint density at radius 3 is 2.59 bits per heavy atom. The highest BCUT2D eigenvalue weighted by molar-refractivity contribution is 5.97. The van der Waals surface area contributed by atoms with Gasteiger partial charge in [0, 0.05) is 23.3 Å². The van der Waals surface area contributed by atoms with Gasteiger partial charge in [-0.2, -0.15) is 5.10 Å². The van der Waals surface area contributed by atoms with Crippen LogP contribution in [-0.4, -0.2) is 20.7 Å². The summed E-state index contributed by atoms with van der Waals surface area (Å²) in [5, 5.41) is 8.30. The topological polar surface area (TPSA) is 79.8 Å². The minimum Gasteiger partial charge on any atom is -0.348 e. The molecule has 2 N–H and O–H groups in total. The van der Waals surface area contributed by atoms with E-state index in [4.69, 9.17) is 0 Å². The van der Waals surface area contributed by atoms with Gasteiger partial charge in [-0.05, 0) is 36.9 Å². The van der Waals surface area contributed by atoms with Crippen LogP contribution in [0.1, 0.15) is 32.9 Å². The van der Waals surface area contributed by atoms with E-state index in [9.17, 15) is 9.59 Å². The van der Waals surface area contributed by atoms with Gasteiger partial charge in [0.15, 0.2) is 0 Å². The standard InChI is InChI=1S/C23H22N4O2/c1-15-20(16(2)27(26-15)14-17-8-4-3-5-9-17)13-24-22(28)19-12-18-10-6-7-11-21(18)25-23(19)29/h3-12H,13-14H2,1-2H3,(H,24,28)(H,25,29). The molecular formula is C23H22N4O2. The highest BCUT2D eigenvalue weighted by atomic mass is 16.2. The number of rotatable bonds is 5. The van der Waals surface area contributed by atoms with Crippen LogP contribution in [0.4, 0.5) is 0 Å². The number of carbonyl (C=O) groups is 1. The Balaban J connectivity index is 1.53. The van der Waals surface area contributed by atoms with Crippen LogP contribution in [0.3, 0.4) is 0 Å². The number of aryl methyl sites for hydroxylation is 1. The molecule has 0 bridgehead atoms. The first kappa shape index (κ1) is 18.7. The van der Waals surface area contributed by atoms with Crippen LogP contribution in [0, 0.1) is 13.8 Å². The summed E-state index contributed by atoms with van der Waals surface area (Å²) in [4.78, 5) is 27.7. The van der Waals surface area contributed by atoms with Gasteiger partial charge in [-0.3, -0.25) is 14.3 Å². The molecule has 0 aliphatic rings. The van der Waals surface area contributed by atoms with Crippen LogP contribution in [0.2, 0.25) is 0 Å². The molecule has 0 atom stereocenters. The average Bonchev–Trinajstić information content (AvgIpc) is 2.99. The lowest BCUT2D eigenvalue weighted by atomic mass is 10.1. The summed E-state index contributed by atoms with van der Waals surface area (Å²) in [5.41, 5.74) is 4.42. The monoisotopic (exact) mass is 386 g/mol. The molecule has 2 aromatic carbocycles. The van der Waals surface area contributed by atoms with E-state index >= 15 is 0 Å². The quantitative estimate of drug-likeness (QED) is 0.552. The molecule has 0 aliphatic heterocycles. The van der Waals surface area contributed by atoms with Crippen molar-refractivity contribution in [3.05, 3.63) is 99.1 Å². The Morgan fingerprint density at radius 1 is 1.07 bits per heavy atom. The van der Waals surface area contributed by atoms with Gasteiger partial charge in [-0.25, -0.2) is 0 Å². The molecular weight excluding hydrogens is 364 g/mol. The molecule has 0 aliphatic carbocycles. The minimum absolute atomic E-state index is 0.107. The Bertz CT molecular complexity index is 1240. The molecule has 0 saturated carbocycles. The van der Waals surface area contributed by atoms with Crippen molar-refractivity contribution in [3.63, 3.8) is 0 Å². The molecule has 29 heavy (non-hydrogen) atoms. The molecule has 0 unspecified atom stereocenters. The fourth-order valence-electron chi connectivity index (χ4n) is 3.48. The van der Waals surface area contributed by atoms with E-state index in [0.717, 1.165) is 27.9 Å².